The molecule has 0 spiro atoms. The SMILES string of the molecule is N#Cc1cccc(C(=O)N2CCC(n3cc(-c4nc(-c5ccccc5)no4)nn3)C2)c1. The Hall–Kier alpha value is -4.32. The third kappa shape index (κ3) is 3.67. The first-order chi connectivity index (χ1) is 15.2. The van der Waals surface area contributed by atoms with Gasteiger partial charge in [-0.05, 0) is 24.6 Å². The molecule has 5 rings (SSSR count). The Labute approximate surface area is 177 Å². The van der Waals surface area contributed by atoms with Crippen LogP contribution in [0.1, 0.15) is 28.4 Å². The molecule has 1 aliphatic heterocycles. The van der Waals surface area contributed by atoms with Crippen LogP contribution in [-0.2, 0) is 0 Å². The van der Waals surface area contributed by atoms with Gasteiger partial charge in [0.2, 0.25) is 5.82 Å². The lowest BCUT2D eigenvalue weighted by Gasteiger charge is -2.16. The minimum absolute atomic E-state index is 0.000801. The number of nitriles is 1. The molecule has 1 aliphatic rings. The van der Waals surface area contributed by atoms with Gasteiger partial charge < -0.3 is 9.42 Å². The van der Waals surface area contributed by atoms with Crippen LogP contribution in [0.15, 0.2) is 65.3 Å². The molecule has 1 saturated heterocycles. The van der Waals surface area contributed by atoms with E-state index >= 15 is 0 Å². The van der Waals surface area contributed by atoms with Crippen molar-refractivity contribution in [1.82, 2.24) is 30.0 Å². The Balaban J connectivity index is 1.29. The summed E-state index contributed by atoms with van der Waals surface area (Å²) in [6, 6.07) is 18.4. The molecular formula is C22H17N7O2. The average molecular weight is 411 g/mol. The van der Waals surface area contributed by atoms with Gasteiger partial charge in [0.25, 0.3) is 11.8 Å². The lowest BCUT2D eigenvalue weighted by molar-refractivity contribution is 0.0787. The van der Waals surface area contributed by atoms with E-state index in [0.29, 0.717) is 41.6 Å². The molecule has 0 bridgehead atoms. The molecule has 9 heteroatoms. The second-order valence-corrected chi connectivity index (χ2v) is 7.26. The fourth-order valence-corrected chi connectivity index (χ4v) is 3.63. The maximum atomic E-state index is 12.8. The highest BCUT2D eigenvalue weighted by molar-refractivity contribution is 5.94. The summed E-state index contributed by atoms with van der Waals surface area (Å²) in [5, 5.41) is 21.4. The van der Waals surface area contributed by atoms with Crippen LogP contribution >= 0.6 is 0 Å². The summed E-state index contributed by atoms with van der Waals surface area (Å²) < 4.78 is 7.09. The number of carbonyl (C=O) groups is 1. The Morgan fingerprint density at radius 3 is 2.87 bits per heavy atom. The number of amides is 1. The third-order valence-electron chi connectivity index (χ3n) is 5.25. The van der Waals surface area contributed by atoms with Crippen LogP contribution in [-0.4, -0.2) is 49.0 Å². The third-order valence-corrected chi connectivity index (χ3v) is 5.25. The van der Waals surface area contributed by atoms with E-state index in [9.17, 15) is 4.79 Å². The number of hydrogen-bond acceptors (Lipinski definition) is 7. The topological polar surface area (TPSA) is 114 Å². The number of nitrogens with zero attached hydrogens (tertiary/aromatic N) is 7. The van der Waals surface area contributed by atoms with Crippen molar-refractivity contribution in [2.24, 2.45) is 0 Å². The monoisotopic (exact) mass is 411 g/mol. The minimum atomic E-state index is -0.0932. The summed E-state index contributed by atoms with van der Waals surface area (Å²) in [6.45, 7) is 1.12. The molecule has 152 valence electrons. The zero-order valence-corrected chi connectivity index (χ0v) is 16.4. The van der Waals surface area contributed by atoms with Crippen LogP contribution in [0.5, 0.6) is 0 Å². The summed E-state index contributed by atoms with van der Waals surface area (Å²) in [5.74, 6) is 0.691. The average Bonchev–Trinajstić information content (AvgIpc) is 3.59. The lowest BCUT2D eigenvalue weighted by atomic mass is 10.1. The molecule has 0 saturated carbocycles. The fourth-order valence-electron chi connectivity index (χ4n) is 3.63. The number of likely N-dealkylation sites (tertiary alicyclic amines) is 1. The van der Waals surface area contributed by atoms with E-state index in [4.69, 9.17) is 9.78 Å². The predicted molar refractivity (Wildman–Crippen MR) is 109 cm³/mol. The summed E-state index contributed by atoms with van der Waals surface area (Å²) in [7, 11) is 0. The molecule has 0 radical (unpaired) electrons. The summed E-state index contributed by atoms with van der Waals surface area (Å²) in [6.07, 6.45) is 2.52. The molecule has 31 heavy (non-hydrogen) atoms. The van der Waals surface area contributed by atoms with Gasteiger partial charge in [-0.15, -0.1) is 5.10 Å². The van der Waals surface area contributed by atoms with Gasteiger partial charge in [0.1, 0.15) is 0 Å². The molecule has 1 unspecified atom stereocenters. The molecule has 2 aromatic heterocycles. The van der Waals surface area contributed by atoms with Crippen LogP contribution in [0.3, 0.4) is 0 Å². The van der Waals surface area contributed by atoms with Crippen molar-refractivity contribution in [3.05, 3.63) is 71.9 Å². The van der Waals surface area contributed by atoms with Gasteiger partial charge in [-0.25, -0.2) is 4.68 Å². The van der Waals surface area contributed by atoms with E-state index in [1.165, 1.54) is 0 Å². The molecule has 2 aromatic carbocycles. The zero-order valence-electron chi connectivity index (χ0n) is 16.4. The van der Waals surface area contributed by atoms with Crippen LogP contribution in [0.2, 0.25) is 0 Å². The number of rotatable bonds is 4. The standard InChI is InChI=1S/C22H17N7O2/c23-12-15-5-4-8-17(11-15)22(30)28-10-9-18(13-28)29-14-19(25-27-29)21-24-20(26-31-21)16-6-2-1-3-7-16/h1-8,11,14,18H,9-10,13H2. The van der Waals surface area contributed by atoms with Crippen molar-refractivity contribution < 1.29 is 9.32 Å². The molecule has 3 heterocycles. The zero-order chi connectivity index (χ0) is 21.2. The van der Waals surface area contributed by atoms with E-state index in [2.05, 4.69) is 26.5 Å². The van der Waals surface area contributed by atoms with Crippen LogP contribution in [0.25, 0.3) is 23.0 Å². The molecule has 9 nitrogen and oxygen atoms in total. The van der Waals surface area contributed by atoms with E-state index in [-0.39, 0.29) is 11.9 Å². The normalized spacial score (nSPS) is 15.7. The second kappa shape index (κ2) is 7.84. The lowest BCUT2D eigenvalue weighted by Crippen LogP contribution is -2.29. The number of hydrogen-bond donors (Lipinski definition) is 0. The first-order valence-corrected chi connectivity index (χ1v) is 9.82. The number of carbonyl (C=O) groups excluding carboxylic acids is 1. The van der Waals surface area contributed by atoms with Crippen molar-refractivity contribution in [2.45, 2.75) is 12.5 Å². The van der Waals surface area contributed by atoms with Gasteiger partial charge in [0, 0.05) is 24.2 Å². The van der Waals surface area contributed by atoms with Crippen molar-refractivity contribution in [3.8, 4) is 29.0 Å². The Morgan fingerprint density at radius 1 is 1.16 bits per heavy atom. The largest absolute Gasteiger partial charge is 0.336 e. The van der Waals surface area contributed by atoms with Crippen molar-refractivity contribution in [3.63, 3.8) is 0 Å². The minimum Gasteiger partial charge on any atom is -0.336 e. The Morgan fingerprint density at radius 2 is 2.03 bits per heavy atom. The van der Waals surface area contributed by atoms with Crippen LogP contribution < -0.4 is 0 Å². The van der Waals surface area contributed by atoms with Crippen molar-refractivity contribution in [2.75, 3.05) is 13.1 Å². The molecule has 1 atom stereocenters. The highest BCUT2D eigenvalue weighted by Crippen LogP contribution is 2.25. The van der Waals surface area contributed by atoms with Gasteiger partial charge in [-0.1, -0.05) is 46.8 Å². The smallest absolute Gasteiger partial charge is 0.280 e. The number of aromatic nitrogens is 5. The first kappa shape index (κ1) is 18.7. The highest BCUT2D eigenvalue weighted by Gasteiger charge is 2.29. The molecule has 1 fully saturated rings. The van der Waals surface area contributed by atoms with E-state index < -0.39 is 0 Å². The van der Waals surface area contributed by atoms with Gasteiger partial charge >= 0.3 is 0 Å². The molecule has 1 amide bonds. The van der Waals surface area contributed by atoms with Crippen LogP contribution in [0, 0.1) is 11.3 Å². The highest BCUT2D eigenvalue weighted by atomic mass is 16.5. The van der Waals surface area contributed by atoms with E-state index in [1.54, 1.807) is 40.0 Å². The molecule has 0 N–H and O–H groups in total. The van der Waals surface area contributed by atoms with Gasteiger partial charge in [-0.2, -0.15) is 10.2 Å². The quantitative estimate of drug-likeness (QED) is 0.507. The second-order valence-electron chi connectivity index (χ2n) is 7.26. The Kier molecular flexibility index (Phi) is 4.72. The molecular weight excluding hydrogens is 394 g/mol. The predicted octanol–water partition coefficient (Wildman–Crippen LogP) is 2.95. The number of benzene rings is 2. The summed E-state index contributed by atoms with van der Waals surface area (Å²) >= 11 is 0. The van der Waals surface area contributed by atoms with E-state index in [1.807, 2.05) is 30.3 Å². The molecule has 0 aliphatic carbocycles. The van der Waals surface area contributed by atoms with Gasteiger partial charge in [-0.3, -0.25) is 4.79 Å². The summed E-state index contributed by atoms with van der Waals surface area (Å²) in [5.41, 5.74) is 2.33. The van der Waals surface area contributed by atoms with E-state index in [0.717, 1.165) is 12.0 Å². The maximum Gasteiger partial charge on any atom is 0.280 e. The maximum absolute atomic E-state index is 12.8. The van der Waals surface area contributed by atoms with Gasteiger partial charge in [0.05, 0.1) is 23.9 Å². The van der Waals surface area contributed by atoms with Gasteiger partial charge in [0.15, 0.2) is 5.69 Å². The first-order valence-electron chi connectivity index (χ1n) is 9.82. The Bertz CT molecular complexity index is 1270. The summed E-state index contributed by atoms with van der Waals surface area (Å²) in [4.78, 5) is 19.0. The van der Waals surface area contributed by atoms with Crippen molar-refractivity contribution in [1.29, 1.82) is 5.26 Å². The van der Waals surface area contributed by atoms with Crippen LogP contribution in [0.4, 0.5) is 0 Å². The fraction of sp³-hybridized carbons (Fsp3) is 0.182. The van der Waals surface area contributed by atoms with Crippen molar-refractivity contribution >= 4 is 5.91 Å². The molecule has 4 aromatic rings.